The van der Waals surface area contributed by atoms with Gasteiger partial charge in [-0.15, -0.1) is 0 Å². The predicted octanol–water partition coefficient (Wildman–Crippen LogP) is 3.44. The van der Waals surface area contributed by atoms with Crippen LogP contribution in [-0.2, 0) is 4.79 Å². The second-order valence-corrected chi connectivity index (χ2v) is 6.08. The topological polar surface area (TPSA) is 53.4 Å². The number of carboxylic acids is 1. The number of fused-ring (bicyclic) bond motifs is 1. The molecule has 21 heavy (non-hydrogen) atoms. The zero-order chi connectivity index (χ0) is 15.0. The monoisotopic (exact) mass is 352 g/mol. The maximum Gasteiger partial charge on any atom is 0.306 e. The van der Waals surface area contributed by atoms with Gasteiger partial charge in [0.2, 0.25) is 0 Å². The fourth-order valence-corrected chi connectivity index (χ4v) is 3.00. The van der Waals surface area contributed by atoms with E-state index in [9.17, 15) is 9.18 Å². The summed E-state index contributed by atoms with van der Waals surface area (Å²) >= 11 is 3.16. The molecule has 1 aliphatic rings. The van der Waals surface area contributed by atoms with E-state index >= 15 is 0 Å². The summed E-state index contributed by atoms with van der Waals surface area (Å²) in [4.78, 5) is 17.5. The summed E-state index contributed by atoms with van der Waals surface area (Å²) in [6.45, 7) is 1.32. The second-order valence-electron chi connectivity index (χ2n) is 5.23. The minimum Gasteiger partial charge on any atom is -0.481 e. The van der Waals surface area contributed by atoms with Crippen molar-refractivity contribution in [2.75, 3.05) is 18.0 Å². The first kappa shape index (κ1) is 14.3. The maximum absolute atomic E-state index is 13.6. The van der Waals surface area contributed by atoms with Crippen molar-refractivity contribution in [3.8, 4) is 0 Å². The van der Waals surface area contributed by atoms with Gasteiger partial charge in [0.1, 0.15) is 11.6 Å². The standard InChI is InChI=1S/C15H14BrFN2O2/c16-11-7-10-1-2-14(18-13(10)8-12(11)17)19-5-3-9(4-6-19)15(20)21/h1-2,7-9H,3-6H2,(H,20,21). The van der Waals surface area contributed by atoms with Crippen LogP contribution in [0.15, 0.2) is 28.7 Å². The highest BCUT2D eigenvalue weighted by Gasteiger charge is 2.25. The van der Waals surface area contributed by atoms with Crippen LogP contribution in [0.25, 0.3) is 10.9 Å². The van der Waals surface area contributed by atoms with Crippen molar-refractivity contribution >= 4 is 38.6 Å². The molecule has 0 saturated carbocycles. The Balaban J connectivity index is 1.85. The molecule has 110 valence electrons. The highest BCUT2D eigenvalue weighted by atomic mass is 79.9. The lowest BCUT2D eigenvalue weighted by molar-refractivity contribution is -0.142. The van der Waals surface area contributed by atoms with Crippen LogP contribution in [0.4, 0.5) is 10.2 Å². The third-order valence-corrected chi connectivity index (χ3v) is 4.49. The molecule has 2 heterocycles. The largest absolute Gasteiger partial charge is 0.481 e. The van der Waals surface area contributed by atoms with E-state index < -0.39 is 5.97 Å². The van der Waals surface area contributed by atoms with Gasteiger partial charge in [-0.25, -0.2) is 9.37 Å². The number of halogens is 2. The van der Waals surface area contributed by atoms with Gasteiger partial charge in [-0.3, -0.25) is 4.79 Å². The molecule has 1 aromatic carbocycles. The first-order valence-corrected chi connectivity index (χ1v) is 7.57. The Bertz CT molecular complexity index is 699. The van der Waals surface area contributed by atoms with Gasteiger partial charge in [-0.05, 0) is 47.0 Å². The number of nitrogens with zero attached hydrogens (tertiary/aromatic N) is 2. The number of hydrogen-bond acceptors (Lipinski definition) is 3. The molecule has 1 aromatic heterocycles. The summed E-state index contributed by atoms with van der Waals surface area (Å²) in [5.41, 5.74) is 0.605. The third kappa shape index (κ3) is 2.85. The van der Waals surface area contributed by atoms with Gasteiger partial charge in [-0.1, -0.05) is 0 Å². The zero-order valence-corrected chi connectivity index (χ0v) is 12.8. The molecular weight excluding hydrogens is 339 g/mol. The number of rotatable bonds is 2. The Morgan fingerprint density at radius 1 is 1.33 bits per heavy atom. The van der Waals surface area contributed by atoms with Crippen molar-refractivity contribution < 1.29 is 14.3 Å². The molecule has 0 bridgehead atoms. The van der Waals surface area contributed by atoms with Crippen molar-refractivity contribution in [3.63, 3.8) is 0 Å². The Morgan fingerprint density at radius 2 is 2.05 bits per heavy atom. The van der Waals surface area contributed by atoms with Crippen LogP contribution in [0.5, 0.6) is 0 Å². The van der Waals surface area contributed by atoms with Crippen molar-refractivity contribution in [3.05, 3.63) is 34.6 Å². The molecule has 0 spiro atoms. The summed E-state index contributed by atoms with van der Waals surface area (Å²) in [5.74, 6) is -0.562. The maximum atomic E-state index is 13.6. The van der Waals surface area contributed by atoms with Gasteiger partial charge in [0.15, 0.2) is 0 Å². The number of piperidine rings is 1. The second kappa shape index (κ2) is 5.60. The molecule has 0 unspecified atom stereocenters. The Labute approximate surface area is 129 Å². The summed E-state index contributed by atoms with van der Waals surface area (Å²) in [6.07, 6.45) is 1.23. The van der Waals surface area contributed by atoms with E-state index in [2.05, 4.69) is 25.8 Å². The average molecular weight is 353 g/mol. The van der Waals surface area contributed by atoms with Crippen molar-refractivity contribution in [2.24, 2.45) is 5.92 Å². The molecule has 0 atom stereocenters. The van der Waals surface area contributed by atoms with Crippen LogP contribution >= 0.6 is 15.9 Å². The summed E-state index contributed by atoms with van der Waals surface area (Å²) in [5, 5.41) is 9.88. The summed E-state index contributed by atoms with van der Waals surface area (Å²) in [6, 6.07) is 6.92. The third-order valence-electron chi connectivity index (χ3n) is 3.88. The molecule has 2 aromatic rings. The number of aliphatic carboxylic acids is 1. The zero-order valence-electron chi connectivity index (χ0n) is 11.2. The van der Waals surface area contributed by atoms with Crippen LogP contribution in [0.1, 0.15) is 12.8 Å². The van der Waals surface area contributed by atoms with Gasteiger partial charge >= 0.3 is 5.97 Å². The van der Waals surface area contributed by atoms with E-state index in [0.717, 1.165) is 11.2 Å². The van der Waals surface area contributed by atoms with Crippen molar-refractivity contribution in [1.29, 1.82) is 0 Å². The number of carboxylic acid groups (broad SMARTS) is 1. The van der Waals surface area contributed by atoms with E-state index in [1.807, 2.05) is 12.1 Å². The molecule has 0 amide bonds. The van der Waals surface area contributed by atoms with Gasteiger partial charge < -0.3 is 10.0 Å². The van der Waals surface area contributed by atoms with Crippen LogP contribution in [-0.4, -0.2) is 29.1 Å². The number of hydrogen-bond donors (Lipinski definition) is 1. The molecule has 4 nitrogen and oxygen atoms in total. The van der Waals surface area contributed by atoms with Crippen LogP contribution in [0, 0.1) is 11.7 Å². The van der Waals surface area contributed by atoms with Crippen molar-refractivity contribution in [2.45, 2.75) is 12.8 Å². The SMILES string of the molecule is O=C(O)C1CCN(c2ccc3cc(Br)c(F)cc3n2)CC1. The molecule has 6 heteroatoms. The van der Waals surface area contributed by atoms with Gasteiger partial charge in [-0.2, -0.15) is 0 Å². The lowest BCUT2D eigenvalue weighted by atomic mass is 9.97. The highest BCUT2D eigenvalue weighted by molar-refractivity contribution is 9.10. The summed E-state index contributed by atoms with van der Waals surface area (Å²) in [7, 11) is 0. The molecule has 1 N–H and O–H groups in total. The average Bonchev–Trinajstić information content (AvgIpc) is 2.48. The lowest BCUT2D eigenvalue weighted by Crippen LogP contribution is -2.36. The quantitative estimate of drug-likeness (QED) is 0.899. The van der Waals surface area contributed by atoms with E-state index in [1.165, 1.54) is 6.07 Å². The van der Waals surface area contributed by atoms with Crippen LogP contribution in [0.2, 0.25) is 0 Å². The van der Waals surface area contributed by atoms with E-state index in [0.29, 0.717) is 35.9 Å². The van der Waals surface area contributed by atoms with E-state index in [1.54, 1.807) is 6.07 Å². The van der Waals surface area contributed by atoms with Gasteiger partial charge in [0.25, 0.3) is 0 Å². The predicted molar refractivity (Wildman–Crippen MR) is 82.0 cm³/mol. The van der Waals surface area contributed by atoms with Crippen LogP contribution < -0.4 is 4.90 Å². The fourth-order valence-electron chi connectivity index (χ4n) is 2.64. The van der Waals surface area contributed by atoms with Crippen LogP contribution in [0.3, 0.4) is 0 Å². The van der Waals surface area contributed by atoms with Gasteiger partial charge in [0.05, 0.1) is 15.9 Å². The molecule has 1 saturated heterocycles. The minimum absolute atomic E-state index is 0.268. The molecule has 3 rings (SSSR count). The molecular formula is C15H14BrFN2O2. The number of carbonyl (C=O) groups is 1. The van der Waals surface area contributed by atoms with Crippen molar-refractivity contribution in [1.82, 2.24) is 4.98 Å². The normalized spacial score (nSPS) is 16.4. The minimum atomic E-state index is -0.729. The number of anilines is 1. The fraction of sp³-hybridized carbons (Fsp3) is 0.333. The lowest BCUT2D eigenvalue weighted by Gasteiger charge is -2.31. The number of pyridine rings is 1. The Hall–Kier alpha value is -1.69. The van der Waals surface area contributed by atoms with E-state index in [-0.39, 0.29) is 11.7 Å². The summed E-state index contributed by atoms with van der Waals surface area (Å²) < 4.78 is 14.0. The van der Waals surface area contributed by atoms with E-state index in [4.69, 9.17) is 5.11 Å². The molecule has 0 radical (unpaired) electrons. The number of aromatic nitrogens is 1. The smallest absolute Gasteiger partial charge is 0.306 e. The molecule has 0 aliphatic carbocycles. The van der Waals surface area contributed by atoms with Gasteiger partial charge in [0, 0.05) is 24.5 Å². The first-order chi connectivity index (χ1) is 10.0. The molecule has 1 aliphatic heterocycles. The Morgan fingerprint density at radius 3 is 2.71 bits per heavy atom. The number of benzene rings is 1. The Kier molecular flexibility index (Phi) is 3.80. The first-order valence-electron chi connectivity index (χ1n) is 6.78. The highest BCUT2D eigenvalue weighted by Crippen LogP contribution is 2.26. The molecule has 1 fully saturated rings.